The summed E-state index contributed by atoms with van der Waals surface area (Å²) in [6.07, 6.45) is 54.6. The average molecular weight is 882 g/mol. The van der Waals surface area contributed by atoms with E-state index in [1.54, 1.807) is 0 Å². The van der Waals surface area contributed by atoms with Gasteiger partial charge in [-0.3, -0.25) is 18.6 Å². The average Bonchev–Trinajstić information content (AvgIpc) is 3.25. The van der Waals surface area contributed by atoms with Crippen molar-refractivity contribution >= 4 is 19.8 Å². The number of carbonyl (C=O) groups excluding carboxylic acids is 2. The lowest BCUT2D eigenvalue weighted by atomic mass is 10.0. The predicted molar refractivity (Wildman–Crippen MR) is 257 cm³/mol. The van der Waals surface area contributed by atoms with Crippen LogP contribution in [0.2, 0.25) is 0 Å². The van der Waals surface area contributed by atoms with Gasteiger partial charge in [0.05, 0.1) is 13.2 Å². The molecule has 0 aliphatic carbocycles. The van der Waals surface area contributed by atoms with Crippen LogP contribution in [0, 0.1) is 0 Å². The smallest absolute Gasteiger partial charge is 0.462 e. The van der Waals surface area contributed by atoms with Crippen molar-refractivity contribution < 1.29 is 37.6 Å². The fraction of sp³-hybridized carbons (Fsp3) is 0.843. The van der Waals surface area contributed by atoms with E-state index >= 15 is 0 Å². The minimum Gasteiger partial charge on any atom is -0.462 e. The molecule has 0 amide bonds. The Labute approximate surface area is 375 Å². The molecule has 358 valence electrons. The van der Waals surface area contributed by atoms with E-state index in [2.05, 4.69) is 50.3 Å². The number of carbonyl (C=O) groups is 2. The lowest BCUT2D eigenvalue weighted by Gasteiger charge is -2.19. The summed E-state index contributed by atoms with van der Waals surface area (Å²) in [7, 11) is -4.38. The molecule has 0 aromatic rings. The Morgan fingerprint density at radius 1 is 0.492 bits per heavy atom. The second-order valence-corrected chi connectivity index (χ2v) is 18.5. The number of phosphoric acid groups is 1. The highest BCUT2D eigenvalue weighted by atomic mass is 31.2. The van der Waals surface area contributed by atoms with Gasteiger partial charge in [0.25, 0.3) is 0 Å². The Balaban J connectivity index is 4.05. The molecule has 61 heavy (non-hydrogen) atoms. The van der Waals surface area contributed by atoms with Gasteiger partial charge in [-0.25, -0.2) is 4.57 Å². The van der Waals surface area contributed by atoms with E-state index in [1.807, 2.05) is 0 Å². The zero-order chi connectivity index (χ0) is 44.6. The summed E-state index contributed by atoms with van der Waals surface area (Å²) in [5.74, 6) is -0.832. The summed E-state index contributed by atoms with van der Waals surface area (Å²) in [6.45, 7) is 3.73. The maximum absolute atomic E-state index is 12.6. The highest BCUT2D eigenvalue weighted by molar-refractivity contribution is 7.47. The van der Waals surface area contributed by atoms with Crippen LogP contribution in [0.5, 0.6) is 0 Å². The molecule has 0 bridgehead atoms. The number of rotatable bonds is 48. The van der Waals surface area contributed by atoms with Crippen molar-refractivity contribution in [3.05, 3.63) is 36.5 Å². The monoisotopic (exact) mass is 882 g/mol. The Morgan fingerprint density at radius 3 is 1.30 bits per heavy atom. The Hall–Kier alpha value is -1.77. The molecule has 0 rings (SSSR count). The molecule has 0 aromatic carbocycles. The first kappa shape index (κ1) is 59.2. The molecule has 2 unspecified atom stereocenters. The van der Waals surface area contributed by atoms with Crippen LogP contribution in [0.3, 0.4) is 0 Å². The predicted octanol–water partition coefficient (Wildman–Crippen LogP) is 15.3. The van der Waals surface area contributed by atoms with Crippen molar-refractivity contribution in [2.45, 2.75) is 251 Å². The maximum Gasteiger partial charge on any atom is 0.472 e. The summed E-state index contributed by atoms with van der Waals surface area (Å²) in [5.41, 5.74) is 5.36. The fourth-order valence-corrected chi connectivity index (χ4v) is 8.00. The van der Waals surface area contributed by atoms with Gasteiger partial charge in [0.15, 0.2) is 6.10 Å². The number of hydrogen-bond acceptors (Lipinski definition) is 8. The first-order chi connectivity index (χ1) is 29.8. The van der Waals surface area contributed by atoms with Gasteiger partial charge in [0.2, 0.25) is 0 Å². The number of unbranched alkanes of at least 4 members (excludes halogenated alkanes) is 29. The van der Waals surface area contributed by atoms with E-state index < -0.39 is 26.5 Å². The highest BCUT2D eigenvalue weighted by Crippen LogP contribution is 2.43. The van der Waals surface area contributed by atoms with Crippen LogP contribution >= 0.6 is 7.82 Å². The van der Waals surface area contributed by atoms with Crippen molar-refractivity contribution in [3.8, 4) is 0 Å². The van der Waals surface area contributed by atoms with E-state index in [9.17, 15) is 19.0 Å². The molecule has 0 aromatic heterocycles. The van der Waals surface area contributed by atoms with Crippen LogP contribution in [-0.4, -0.2) is 49.3 Å². The van der Waals surface area contributed by atoms with Crippen molar-refractivity contribution in [2.24, 2.45) is 5.73 Å². The quantitative estimate of drug-likeness (QED) is 0.0265. The zero-order valence-corrected chi connectivity index (χ0v) is 40.5. The Morgan fingerprint density at radius 2 is 0.852 bits per heavy atom. The topological polar surface area (TPSA) is 134 Å². The molecule has 0 fully saturated rings. The number of phosphoric ester groups is 1. The molecule has 0 saturated heterocycles. The molecule has 0 spiro atoms. The van der Waals surface area contributed by atoms with Gasteiger partial charge in [0, 0.05) is 19.4 Å². The summed E-state index contributed by atoms with van der Waals surface area (Å²) >= 11 is 0. The van der Waals surface area contributed by atoms with Crippen LogP contribution in [0.25, 0.3) is 0 Å². The standard InChI is InChI=1S/C51H96NO8P/c1-3-5-7-9-11-13-15-17-19-21-23-24-26-27-29-31-33-35-37-39-41-43-50(53)57-47-49(48-59-61(55,56)58-46-45-52)60-51(54)44-42-40-38-36-34-32-30-28-25-22-20-18-16-14-12-10-8-6-4-2/h12,14,18,20,25,28,49H,3-11,13,15-17,19,21-24,26-27,29-48,52H2,1-2H3,(H,55,56)/b14-12-,20-18-,28-25-. The fourth-order valence-electron chi connectivity index (χ4n) is 7.23. The Bertz CT molecular complexity index is 1100. The maximum atomic E-state index is 12.6. The summed E-state index contributed by atoms with van der Waals surface area (Å²) in [4.78, 5) is 35.0. The molecule has 0 saturated carbocycles. The molecular weight excluding hydrogens is 786 g/mol. The van der Waals surface area contributed by atoms with Crippen molar-refractivity contribution in [2.75, 3.05) is 26.4 Å². The summed E-state index contributed by atoms with van der Waals surface area (Å²) in [5, 5.41) is 0. The number of allylic oxidation sites excluding steroid dienone is 6. The summed E-state index contributed by atoms with van der Waals surface area (Å²) < 4.78 is 32.9. The molecule has 9 nitrogen and oxygen atoms in total. The molecule has 0 heterocycles. The van der Waals surface area contributed by atoms with Gasteiger partial charge in [-0.05, 0) is 51.4 Å². The van der Waals surface area contributed by atoms with Gasteiger partial charge < -0.3 is 20.1 Å². The Kier molecular flexibility index (Phi) is 46.3. The molecule has 0 radical (unpaired) electrons. The minimum atomic E-state index is -4.38. The van der Waals surface area contributed by atoms with E-state index in [1.165, 1.54) is 141 Å². The van der Waals surface area contributed by atoms with Crippen LogP contribution in [-0.2, 0) is 32.7 Å². The third-order valence-electron chi connectivity index (χ3n) is 11.0. The highest BCUT2D eigenvalue weighted by Gasteiger charge is 2.26. The van der Waals surface area contributed by atoms with Crippen molar-refractivity contribution in [1.29, 1.82) is 0 Å². The SMILES string of the molecule is CCCCC/C=C\C/C=C\C/C=C\CCCCCCCCC(=O)OC(COC(=O)CCCCCCCCCCCCCCCCCCCCCCC)COP(=O)(O)OCCN. The second kappa shape index (κ2) is 47.7. The molecule has 0 aliphatic rings. The number of ether oxygens (including phenoxy) is 2. The normalized spacial score (nSPS) is 13.4. The first-order valence-corrected chi connectivity index (χ1v) is 27.0. The first-order valence-electron chi connectivity index (χ1n) is 25.5. The molecule has 3 N–H and O–H groups in total. The van der Waals surface area contributed by atoms with Crippen LogP contribution in [0.4, 0.5) is 0 Å². The largest absolute Gasteiger partial charge is 0.472 e. The molecule has 0 aliphatic heterocycles. The minimum absolute atomic E-state index is 0.0517. The van der Waals surface area contributed by atoms with Gasteiger partial charge in [-0.2, -0.15) is 0 Å². The lowest BCUT2D eigenvalue weighted by molar-refractivity contribution is -0.161. The number of nitrogens with two attached hydrogens (primary N) is 1. The van der Waals surface area contributed by atoms with Crippen molar-refractivity contribution in [3.63, 3.8) is 0 Å². The molecular formula is C51H96NO8P. The number of hydrogen-bond donors (Lipinski definition) is 2. The van der Waals surface area contributed by atoms with E-state index in [0.29, 0.717) is 6.42 Å². The van der Waals surface area contributed by atoms with Crippen LogP contribution < -0.4 is 5.73 Å². The van der Waals surface area contributed by atoms with E-state index in [0.717, 1.165) is 70.6 Å². The van der Waals surface area contributed by atoms with Crippen LogP contribution in [0.1, 0.15) is 245 Å². The molecule has 2 atom stereocenters. The van der Waals surface area contributed by atoms with Gasteiger partial charge in [0.1, 0.15) is 6.61 Å². The third kappa shape index (κ3) is 47.5. The van der Waals surface area contributed by atoms with E-state index in [4.69, 9.17) is 24.3 Å². The molecule has 10 heteroatoms. The zero-order valence-electron chi connectivity index (χ0n) is 39.7. The van der Waals surface area contributed by atoms with Gasteiger partial charge in [-0.1, -0.05) is 217 Å². The van der Waals surface area contributed by atoms with Crippen LogP contribution in [0.15, 0.2) is 36.5 Å². The third-order valence-corrected chi connectivity index (χ3v) is 12.0. The van der Waals surface area contributed by atoms with Gasteiger partial charge in [-0.15, -0.1) is 0 Å². The van der Waals surface area contributed by atoms with Gasteiger partial charge >= 0.3 is 19.8 Å². The second-order valence-electron chi connectivity index (χ2n) is 17.0. The summed E-state index contributed by atoms with van der Waals surface area (Å²) in [6, 6.07) is 0. The van der Waals surface area contributed by atoms with Crippen molar-refractivity contribution in [1.82, 2.24) is 0 Å². The van der Waals surface area contributed by atoms with E-state index in [-0.39, 0.29) is 38.6 Å². The lowest BCUT2D eigenvalue weighted by Crippen LogP contribution is -2.29. The number of esters is 2.